The van der Waals surface area contributed by atoms with Crippen molar-refractivity contribution in [2.45, 2.75) is 19.1 Å². The molecule has 0 fully saturated rings. The zero-order chi connectivity index (χ0) is 7.49. The molecule has 0 saturated heterocycles. The molecule has 0 heterocycles. The Kier molecular flexibility index (Phi) is 2.33. The Morgan fingerprint density at radius 2 is 2.00 bits per heavy atom. The van der Waals surface area contributed by atoms with E-state index in [-0.39, 0.29) is 0 Å². The van der Waals surface area contributed by atoms with E-state index in [1.54, 1.807) is 0 Å². The van der Waals surface area contributed by atoms with Crippen molar-refractivity contribution in [1.29, 1.82) is 0 Å². The second-order valence-corrected chi connectivity index (χ2v) is 1.42. The fourth-order valence-corrected chi connectivity index (χ4v) is 0.143. The zero-order valence-corrected chi connectivity index (χ0v) is 4.55. The van der Waals surface area contributed by atoms with Gasteiger partial charge in [-0.2, -0.15) is 13.2 Å². The minimum absolute atomic E-state index is 0.791. The molecule has 0 bridgehead atoms. The molecule has 1 atom stereocenters. The maximum atomic E-state index is 11.4. The molecule has 3 nitrogen and oxygen atoms in total. The number of rotatable bonds is 1. The number of alkyl halides is 3. The van der Waals surface area contributed by atoms with Crippen LogP contribution < -0.4 is 0 Å². The fraction of sp³-hybridized carbons (Fsp3) is 1.00. The van der Waals surface area contributed by atoms with E-state index in [9.17, 15) is 13.2 Å². The van der Waals surface area contributed by atoms with E-state index >= 15 is 0 Å². The molecule has 52 valence electrons. The van der Waals surface area contributed by atoms with Gasteiger partial charge in [-0.25, -0.2) is 0 Å². The number of halogens is 3. The van der Waals surface area contributed by atoms with Gasteiger partial charge in [-0.1, -0.05) is 5.11 Å². The molecule has 0 aromatic rings. The van der Waals surface area contributed by atoms with Gasteiger partial charge in [0.1, 0.15) is 6.04 Å². The molecule has 0 aromatic heterocycles. The van der Waals surface area contributed by atoms with Crippen LogP contribution in [0.1, 0.15) is 6.92 Å². The lowest BCUT2D eigenvalue weighted by Gasteiger charge is -2.07. The van der Waals surface area contributed by atoms with E-state index in [2.05, 4.69) is 5.11 Å². The second-order valence-electron chi connectivity index (χ2n) is 1.42. The first kappa shape index (κ1) is 8.10. The normalized spacial score (nSPS) is 14.2. The van der Waals surface area contributed by atoms with Crippen molar-refractivity contribution in [2.24, 2.45) is 5.11 Å². The molecule has 0 amide bonds. The maximum Gasteiger partial charge on any atom is 0.397 e. The number of hydrogen-bond acceptors (Lipinski definition) is 1. The van der Waals surface area contributed by atoms with Gasteiger partial charge < -0.3 is 0 Å². The minimum atomic E-state index is -4.41. The lowest BCUT2D eigenvalue weighted by molar-refractivity contribution is -0.143. The third kappa shape index (κ3) is 2.81. The summed E-state index contributed by atoms with van der Waals surface area (Å²) >= 11 is 0. The molecule has 0 N–H and O–H groups in total. The smallest absolute Gasteiger partial charge is 0.171 e. The highest BCUT2D eigenvalue weighted by molar-refractivity contribution is 4.68. The quantitative estimate of drug-likeness (QED) is 0.304. The van der Waals surface area contributed by atoms with E-state index in [1.807, 2.05) is 4.91 Å². The van der Waals surface area contributed by atoms with Crippen molar-refractivity contribution in [1.82, 2.24) is 0 Å². The Bertz CT molecular complexity index is 134. The van der Waals surface area contributed by atoms with Gasteiger partial charge in [-0.3, -0.25) is 0 Å². The van der Waals surface area contributed by atoms with Crippen LogP contribution in [0.5, 0.6) is 0 Å². The average Bonchev–Trinajstić information content (AvgIpc) is 1.64. The van der Waals surface area contributed by atoms with Crippen molar-refractivity contribution in [2.75, 3.05) is 0 Å². The third-order valence-electron chi connectivity index (χ3n) is 0.699. The van der Waals surface area contributed by atoms with Crippen LogP contribution in [0.15, 0.2) is 5.11 Å². The van der Waals surface area contributed by atoms with Crippen LogP contribution in [-0.2, 0) is 0 Å². The van der Waals surface area contributed by atoms with Crippen molar-refractivity contribution in [3.05, 3.63) is 10.4 Å². The van der Waals surface area contributed by atoms with Crippen LogP contribution >= 0.6 is 0 Å². The van der Waals surface area contributed by atoms with E-state index in [0.717, 1.165) is 6.92 Å². The molecule has 6 heteroatoms. The molecule has 0 radical (unpaired) electrons. The van der Waals surface area contributed by atoms with Gasteiger partial charge in [-0.05, 0) is 12.5 Å². The summed E-state index contributed by atoms with van der Waals surface area (Å²) in [7, 11) is 0. The number of hydrogen-bond donors (Lipinski definition) is 0. The molecule has 0 aliphatic rings. The molecule has 0 aliphatic carbocycles. The zero-order valence-electron chi connectivity index (χ0n) is 4.55. The van der Waals surface area contributed by atoms with Crippen LogP contribution in [0.4, 0.5) is 13.2 Å². The van der Waals surface area contributed by atoms with Crippen LogP contribution in [0, 0.1) is 0 Å². The maximum absolute atomic E-state index is 11.4. The Balaban J connectivity index is 4.03. The summed E-state index contributed by atoms with van der Waals surface area (Å²) in [6.07, 6.45) is -4.41. The van der Waals surface area contributed by atoms with Gasteiger partial charge >= 0.3 is 6.18 Å². The van der Waals surface area contributed by atoms with Crippen LogP contribution in [0.2, 0.25) is 0 Å². The average molecular weight is 139 g/mol. The van der Waals surface area contributed by atoms with E-state index in [1.165, 1.54) is 0 Å². The van der Waals surface area contributed by atoms with E-state index in [0.29, 0.717) is 0 Å². The molecule has 0 unspecified atom stereocenters. The fourth-order valence-electron chi connectivity index (χ4n) is 0.143. The Morgan fingerprint density at radius 1 is 1.56 bits per heavy atom. The standard InChI is InChI=1S/C3H4F3N3/c1-2(8-9-7)3(4,5)6/h2H,1H3/t2-/m0/s1. The highest BCUT2D eigenvalue weighted by Gasteiger charge is 2.34. The van der Waals surface area contributed by atoms with Gasteiger partial charge in [0.15, 0.2) is 0 Å². The molecular weight excluding hydrogens is 135 g/mol. The summed E-state index contributed by atoms with van der Waals surface area (Å²) in [5, 5.41) is 2.45. The summed E-state index contributed by atoms with van der Waals surface area (Å²) < 4.78 is 34.1. The van der Waals surface area contributed by atoms with Gasteiger partial charge in [0.25, 0.3) is 0 Å². The molecule has 0 spiro atoms. The highest BCUT2D eigenvalue weighted by atomic mass is 19.4. The number of azide groups is 1. The Hall–Kier alpha value is -0.900. The SMILES string of the molecule is C[C@H](N=[N+]=[N-])C(F)(F)F. The molecule has 0 aromatic carbocycles. The molecular formula is C3H4F3N3. The van der Waals surface area contributed by atoms with Crippen LogP contribution in [0.25, 0.3) is 10.4 Å². The lowest BCUT2D eigenvalue weighted by atomic mass is 10.4. The van der Waals surface area contributed by atoms with E-state index in [4.69, 9.17) is 5.53 Å². The van der Waals surface area contributed by atoms with Crippen LogP contribution in [0.3, 0.4) is 0 Å². The molecule has 9 heavy (non-hydrogen) atoms. The van der Waals surface area contributed by atoms with Gasteiger partial charge in [-0.15, -0.1) is 0 Å². The van der Waals surface area contributed by atoms with Crippen LogP contribution in [-0.4, -0.2) is 12.2 Å². The summed E-state index contributed by atoms with van der Waals surface area (Å²) in [6, 6.07) is -1.93. The largest absolute Gasteiger partial charge is 0.397 e. The van der Waals surface area contributed by atoms with Crippen molar-refractivity contribution >= 4 is 0 Å². The topological polar surface area (TPSA) is 48.8 Å². The minimum Gasteiger partial charge on any atom is -0.171 e. The predicted octanol–water partition coefficient (Wildman–Crippen LogP) is 2.25. The number of nitrogens with zero attached hydrogens (tertiary/aromatic N) is 3. The molecule has 0 aliphatic heterocycles. The summed E-state index contributed by atoms with van der Waals surface area (Å²) in [5.41, 5.74) is 7.56. The molecule has 0 rings (SSSR count). The van der Waals surface area contributed by atoms with Gasteiger partial charge in [0.05, 0.1) is 0 Å². The van der Waals surface area contributed by atoms with Gasteiger partial charge in [0, 0.05) is 4.91 Å². The Labute approximate surface area is 49.1 Å². The first-order chi connectivity index (χ1) is 3.98. The van der Waals surface area contributed by atoms with Gasteiger partial charge in [0.2, 0.25) is 0 Å². The monoisotopic (exact) mass is 139 g/mol. The third-order valence-corrected chi connectivity index (χ3v) is 0.699. The van der Waals surface area contributed by atoms with Crippen molar-refractivity contribution in [3.63, 3.8) is 0 Å². The second kappa shape index (κ2) is 2.59. The first-order valence-corrected chi connectivity index (χ1v) is 2.09. The summed E-state index contributed by atoms with van der Waals surface area (Å²) in [4.78, 5) is 2.01. The summed E-state index contributed by atoms with van der Waals surface area (Å²) in [5.74, 6) is 0. The predicted molar refractivity (Wildman–Crippen MR) is 24.7 cm³/mol. The van der Waals surface area contributed by atoms with Crippen molar-refractivity contribution < 1.29 is 13.2 Å². The van der Waals surface area contributed by atoms with E-state index < -0.39 is 12.2 Å². The lowest BCUT2D eigenvalue weighted by Crippen LogP contribution is -2.22. The first-order valence-electron chi connectivity index (χ1n) is 2.09. The molecule has 0 saturated carbocycles. The summed E-state index contributed by atoms with van der Waals surface area (Å²) in [6.45, 7) is 0.791. The van der Waals surface area contributed by atoms with Crippen molar-refractivity contribution in [3.8, 4) is 0 Å². The Morgan fingerprint density at radius 3 is 2.11 bits per heavy atom. The highest BCUT2D eigenvalue weighted by Crippen LogP contribution is 2.21.